The van der Waals surface area contributed by atoms with Gasteiger partial charge in [0.05, 0.1) is 0 Å². The molecule has 2 aromatic carbocycles. The van der Waals surface area contributed by atoms with E-state index in [2.05, 4.69) is 46.8 Å². The fraction of sp³-hybridized carbons (Fsp3) is 0.458. The van der Waals surface area contributed by atoms with Gasteiger partial charge in [-0.3, -0.25) is 4.99 Å². The molecule has 2 aromatic rings. The molecule has 1 fully saturated rings. The molecule has 0 aromatic heterocycles. The Morgan fingerprint density at radius 3 is 2.33 bits per heavy atom. The molecule has 1 heterocycles. The molecule has 0 atom stereocenters. The van der Waals surface area contributed by atoms with E-state index in [4.69, 9.17) is 9.47 Å². The lowest BCUT2D eigenvalue weighted by Gasteiger charge is -2.39. The van der Waals surface area contributed by atoms with Gasteiger partial charge in [0.15, 0.2) is 12.6 Å². The van der Waals surface area contributed by atoms with Gasteiger partial charge in [0.25, 0.3) is 0 Å². The SMILES string of the molecule is CN=C(NCc1ccc(OCC(F)(F)F)cc1)NCC1(c2ccccc2C)CCOCC1.I. The highest BCUT2D eigenvalue weighted by Gasteiger charge is 2.35. The Hall–Kier alpha value is -2.01. The van der Waals surface area contributed by atoms with Crippen LogP contribution in [0, 0.1) is 6.92 Å². The van der Waals surface area contributed by atoms with E-state index in [9.17, 15) is 13.2 Å². The van der Waals surface area contributed by atoms with Crippen molar-refractivity contribution in [3.63, 3.8) is 0 Å². The summed E-state index contributed by atoms with van der Waals surface area (Å²) >= 11 is 0. The Kier molecular flexibility index (Phi) is 10.3. The van der Waals surface area contributed by atoms with Crippen molar-refractivity contribution in [3.05, 3.63) is 65.2 Å². The summed E-state index contributed by atoms with van der Waals surface area (Å²) in [6, 6.07) is 15.0. The van der Waals surface area contributed by atoms with Gasteiger partial charge in [-0.25, -0.2) is 0 Å². The van der Waals surface area contributed by atoms with E-state index in [1.165, 1.54) is 23.3 Å². The third-order valence-corrected chi connectivity index (χ3v) is 5.77. The second-order valence-corrected chi connectivity index (χ2v) is 8.03. The highest BCUT2D eigenvalue weighted by Crippen LogP contribution is 2.36. The highest BCUT2D eigenvalue weighted by atomic mass is 127. The minimum absolute atomic E-state index is 0. The zero-order valence-corrected chi connectivity index (χ0v) is 21.2. The van der Waals surface area contributed by atoms with Crippen molar-refractivity contribution in [2.45, 2.75) is 37.9 Å². The molecule has 0 saturated carbocycles. The minimum Gasteiger partial charge on any atom is -0.484 e. The van der Waals surface area contributed by atoms with Gasteiger partial charge in [0, 0.05) is 38.8 Å². The van der Waals surface area contributed by atoms with Gasteiger partial charge in [0.1, 0.15) is 5.75 Å². The average molecular weight is 577 g/mol. The van der Waals surface area contributed by atoms with Gasteiger partial charge >= 0.3 is 6.18 Å². The molecule has 182 valence electrons. The van der Waals surface area contributed by atoms with Crippen LogP contribution in [0.15, 0.2) is 53.5 Å². The Labute approximate surface area is 210 Å². The maximum Gasteiger partial charge on any atom is 0.422 e. The van der Waals surface area contributed by atoms with Crippen molar-refractivity contribution >= 4 is 29.9 Å². The molecular weight excluding hydrogens is 546 g/mol. The van der Waals surface area contributed by atoms with Gasteiger partial charge in [0.2, 0.25) is 0 Å². The monoisotopic (exact) mass is 577 g/mol. The Bertz CT molecular complexity index is 899. The van der Waals surface area contributed by atoms with Gasteiger partial charge in [-0.1, -0.05) is 36.4 Å². The van der Waals surface area contributed by atoms with Crippen LogP contribution in [0.3, 0.4) is 0 Å². The summed E-state index contributed by atoms with van der Waals surface area (Å²) in [6.45, 7) is 3.51. The third-order valence-electron chi connectivity index (χ3n) is 5.77. The Morgan fingerprint density at radius 1 is 1.06 bits per heavy atom. The summed E-state index contributed by atoms with van der Waals surface area (Å²) in [5.74, 6) is 0.857. The molecule has 5 nitrogen and oxygen atoms in total. The lowest BCUT2D eigenvalue weighted by atomic mass is 9.72. The molecule has 0 aliphatic carbocycles. The van der Waals surface area contributed by atoms with Crippen molar-refractivity contribution in [3.8, 4) is 5.75 Å². The van der Waals surface area contributed by atoms with Crippen molar-refractivity contribution < 1.29 is 22.6 Å². The molecule has 1 aliphatic heterocycles. The Balaban J connectivity index is 0.00000385. The van der Waals surface area contributed by atoms with Crippen LogP contribution in [-0.2, 0) is 16.7 Å². The van der Waals surface area contributed by atoms with Gasteiger partial charge in [-0.15, -0.1) is 24.0 Å². The summed E-state index contributed by atoms with van der Waals surface area (Å²) in [6.07, 6.45) is -2.49. The van der Waals surface area contributed by atoms with E-state index in [0.29, 0.717) is 12.5 Å². The second kappa shape index (κ2) is 12.5. The van der Waals surface area contributed by atoms with Gasteiger partial charge in [-0.2, -0.15) is 13.2 Å². The van der Waals surface area contributed by atoms with E-state index in [-0.39, 0.29) is 35.1 Å². The van der Waals surface area contributed by atoms with E-state index >= 15 is 0 Å². The zero-order valence-electron chi connectivity index (χ0n) is 18.9. The molecule has 2 N–H and O–H groups in total. The van der Waals surface area contributed by atoms with E-state index in [1.807, 2.05) is 0 Å². The van der Waals surface area contributed by atoms with Crippen LogP contribution in [-0.4, -0.2) is 45.5 Å². The lowest BCUT2D eigenvalue weighted by Crippen LogP contribution is -2.48. The highest BCUT2D eigenvalue weighted by molar-refractivity contribution is 14.0. The van der Waals surface area contributed by atoms with Gasteiger partial charge < -0.3 is 20.1 Å². The molecule has 1 aliphatic rings. The van der Waals surface area contributed by atoms with Crippen LogP contribution in [0.2, 0.25) is 0 Å². The summed E-state index contributed by atoms with van der Waals surface area (Å²) < 4.78 is 47.2. The number of halogens is 4. The number of alkyl halides is 3. The van der Waals surface area contributed by atoms with Crippen LogP contribution < -0.4 is 15.4 Å². The predicted octanol–water partition coefficient (Wildman–Crippen LogP) is 4.97. The number of benzene rings is 2. The fourth-order valence-electron chi connectivity index (χ4n) is 4.00. The van der Waals surface area contributed by atoms with Crippen LogP contribution >= 0.6 is 24.0 Å². The number of guanidine groups is 1. The summed E-state index contributed by atoms with van der Waals surface area (Å²) in [7, 11) is 1.72. The first-order valence-electron chi connectivity index (χ1n) is 10.7. The second-order valence-electron chi connectivity index (χ2n) is 8.03. The molecule has 0 bridgehead atoms. The largest absolute Gasteiger partial charge is 0.484 e. The van der Waals surface area contributed by atoms with Gasteiger partial charge in [-0.05, 0) is 48.6 Å². The standard InChI is InChI=1S/C24H30F3N3O2.HI/c1-18-5-3-4-6-21(18)23(11-13-31-14-12-23)16-30-22(28-2)29-15-19-7-9-20(10-8-19)32-17-24(25,26)27;/h3-10H,11-17H2,1-2H3,(H2,28,29,30);1H. The molecule has 33 heavy (non-hydrogen) atoms. The van der Waals surface area contributed by atoms with Crippen LogP contribution in [0.1, 0.15) is 29.5 Å². The maximum absolute atomic E-state index is 12.3. The number of hydrogen-bond acceptors (Lipinski definition) is 3. The summed E-state index contributed by atoms with van der Waals surface area (Å²) in [5.41, 5.74) is 3.48. The maximum atomic E-state index is 12.3. The molecular formula is C24H31F3IN3O2. The van der Waals surface area contributed by atoms with Crippen LogP contribution in [0.25, 0.3) is 0 Å². The number of nitrogens with one attached hydrogen (secondary N) is 2. The summed E-state index contributed by atoms with van der Waals surface area (Å²) in [5, 5.41) is 6.73. The molecule has 0 radical (unpaired) electrons. The fourth-order valence-corrected chi connectivity index (χ4v) is 4.00. The first kappa shape index (κ1) is 27.2. The molecule has 9 heteroatoms. The van der Waals surface area contributed by atoms with Crippen LogP contribution in [0.4, 0.5) is 13.2 Å². The first-order valence-corrected chi connectivity index (χ1v) is 10.7. The van der Waals surface area contributed by atoms with Crippen molar-refractivity contribution in [1.82, 2.24) is 10.6 Å². The molecule has 0 spiro atoms. The summed E-state index contributed by atoms with van der Waals surface area (Å²) in [4.78, 5) is 4.32. The lowest BCUT2D eigenvalue weighted by molar-refractivity contribution is -0.153. The minimum atomic E-state index is -4.35. The number of aryl methyl sites for hydroxylation is 1. The third kappa shape index (κ3) is 8.06. The van der Waals surface area contributed by atoms with E-state index in [1.54, 1.807) is 19.2 Å². The molecule has 0 unspecified atom stereocenters. The number of rotatable bonds is 7. The van der Waals surface area contributed by atoms with E-state index in [0.717, 1.165) is 38.2 Å². The quantitative estimate of drug-likeness (QED) is 0.278. The molecule has 1 saturated heterocycles. The average Bonchev–Trinajstić information content (AvgIpc) is 2.79. The molecule has 0 amide bonds. The topological polar surface area (TPSA) is 54.9 Å². The predicted molar refractivity (Wildman–Crippen MR) is 135 cm³/mol. The number of hydrogen-bond donors (Lipinski definition) is 2. The number of aliphatic imine (C=N–C) groups is 1. The zero-order chi connectivity index (χ0) is 23.0. The molecule has 3 rings (SSSR count). The Morgan fingerprint density at radius 2 is 1.73 bits per heavy atom. The first-order chi connectivity index (χ1) is 15.3. The van der Waals surface area contributed by atoms with Crippen LogP contribution in [0.5, 0.6) is 5.75 Å². The van der Waals surface area contributed by atoms with Crippen molar-refractivity contribution in [1.29, 1.82) is 0 Å². The van der Waals surface area contributed by atoms with Crippen molar-refractivity contribution in [2.75, 3.05) is 33.4 Å². The van der Waals surface area contributed by atoms with Crippen molar-refractivity contribution in [2.24, 2.45) is 4.99 Å². The normalized spacial score (nSPS) is 16.0. The number of nitrogens with zero attached hydrogens (tertiary/aromatic N) is 1. The smallest absolute Gasteiger partial charge is 0.422 e. The number of ether oxygens (including phenoxy) is 2. The van der Waals surface area contributed by atoms with E-state index < -0.39 is 12.8 Å².